The van der Waals surface area contributed by atoms with E-state index in [0.29, 0.717) is 5.92 Å². The number of hydrogen-bond acceptors (Lipinski definition) is 2. The molecule has 2 heteroatoms. The van der Waals surface area contributed by atoms with E-state index in [0.717, 1.165) is 11.4 Å². The van der Waals surface area contributed by atoms with Gasteiger partial charge in [-0.05, 0) is 6.07 Å². The van der Waals surface area contributed by atoms with Crippen molar-refractivity contribution in [3.63, 3.8) is 0 Å². The Labute approximate surface area is 61.2 Å². The molecule has 0 aliphatic carbocycles. The van der Waals surface area contributed by atoms with Crippen LogP contribution in [-0.4, -0.2) is 7.05 Å². The molecule has 1 N–H and O–H groups in total. The van der Waals surface area contributed by atoms with Crippen LogP contribution in [0.25, 0.3) is 0 Å². The Morgan fingerprint density at radius 1 is 1.50 bits per heavy atom. The molecule has 0 aliphatic heterocycles. The van der Waals surface area contributed by atoms with Crippen molar-refractivity contribution in [3.05, 3.63) is 18.1 Å². The zero-order valence-corrected chi connectivity index (χ0v) is 6.64. The lowest BCUT2D eigenvalue weighted by molar-refractivity contribution is 0.488. The average Bonchev–Trinajstić information content (AvgIpc) is 2.33. The van der Waals surface area contributed by atoms with Gasteiger partial charge >= 0.3 is 0 Å². The van der Waals surface area contributed by atoms with E-state index in [1.165, 1.54) is 0 Å². The van der Waals surface area contributed by atoms with Gasteiger partial charge in [0.25, 0.3) is 0 Å². The molecule has 1 aromatic heterocycles. The summed E-state index contributed by atoms with van der Waals surface area (Å²) in [6.45, 7) is 4.22. The number of furan rings is 1. The highest BCUT2D eigenvalue weighted by atomic mass is 16.3. The van der Waals surface area contributed by atoms with Crippen molar-refractivity contribution in [3.8, 4) is 0 Å². The maximum absolute atomic E-state index is 5.25. The minimum Gasteiger partial charge on any atom is -0.467 e. The van der Waals surface area contributed by atoms with Crippen molar-refractivity contribution >= 4 is 5.69 Å². The summed E-state index contributed by atoms with van der Waals surface area (Å²) in [6.07, 6.45) is 1.71. The van der Waals surface area contributed by atoms with Crippen molar-refractivity contribution in [1.82, 2.24) is 0 Å². The first kappa shape index (κ1) is 7.19. The normalized spacial score (nSPS) is 10.4. The molecule has 0 saturated heterocycles. The Balaban J connectivity index is 2.90. The van der Waals surface area contributed by atoms with Crippen LogP contribution in [0.4, 0.5) is 5.69 Å². The van der Waals surface area contributed by atoms with Gasteiger partial charge in [0, 0.05) is 13.0 Å². The van der Waals surface area contributed by atoms with Crippen LogP contribution in [0.15, 0.2) is 16.7 Å². The summed E-state index contributed by atoms with van der Waals surface area (Å²) in [6, 6.07) is 1.94. The first-order valence-corrected chi connectivity index (χ1v) is 3.51. The van der Waals surface area contributed by atoms with E-state index in [1.807, 2.05) is 13.1 Å². The fourth-order valence-corrected chi connectivity index (χ4v) is 0.975. The maximum atomic E-state index is 5.25. The van der Waals surface area contributed by atoms with E-state index in [-0.39, 0.29) is 0 Å². The summed E-state index contributed by atoms with van der Waals surface area (Å²) in [5.74, 6) is 1.49. The lowest BCUT2D eigenvalue weighted by Crippen LogP contribution is -1.92. The molecule has 0 fully saturated rings. The summed E-state index contributed by atoms with van der Waals surface area (Å²) in [5, 5.41) is 3.06. The first-order valence-electron chi connectivity index (χ1n) is 3.51. The van der Waals surface area contributed by atoms with E-state index in [2.05, 4.69) is 19.2 Å². The fourth-order valence-electron chi connectivity index (χ4n) is 0.975. The second-order valence-electron chi connectivity index (χ2n) is 2.60. The second kappa shape index (κ2) is 2.78. The SMILES string of the molecule is CNc1ccoc1C(C)C. The van der Waals surface area contributed by atoms with E-state index in [4.69, 9.17) is 4.42 Å². The van der Waals surface area contributed by atoms with Crippen LogP contribution in [0.3, 0.4) is 0 Å². The van der Waals surface area contributed by atoms with Gasteiger partial charge in [-0.1, -0.05) is 13.8 Å². The van der Waals surface area contributed by atoms with Crippen LogP contribution in [0.5, 0.6) is 0 Å². The van der Waals surface area contributed by atoms with Gasteiger partial charge in [0.05, 0.1) is 12.0 Å². The van der Waals surface area contributed by atoms with E-state index < -0.39 is 0 Å². The number of hydrogen-bond donors (Lipinski definition) is 1. The van der Waals surface area contributed by atoms with Crippen LogP contribution in [0, 0.1) is 0 Å². The molecule has 0 aliphatic rings. The number of nitrogens with one attached hydrogen (secondary N) is 1. The molecule has 0 unspecified atom stereocenters. The fraction of sp³-hybridized carbons (Fsp3) is 0.500. The lowest BCUT2D eigenvalue weighted by atomic mass is 10.1. The quantitative estimate of drug-likeness (QED) is 0.680. The highest BCUT2D eigenvalue weighted by Crippen LogP contribution is 2.24. The van der Waals surface area contributed by atoms with Crippen molar-refractivity contribution < 1.29 is 4.42 Å². The van der Waals surface area contributed by atoms with Crippen molar-refractivity contribution in [2.24, 2.45) is 0 Å². The smallest absolute Gasteiger partial charge is 0.129 e. The van der Waals surface area contributed by atoms with Crippen molar-refractivity contribution in [1.29, 1.82) is 0 Å². The molecule has 10 heavy (non-hydrogen) atoms. The third-order valence-electron chi connectivity index (χ3n) is 1.49. The highest BCUT2D eigenvalue weighted by molar-refractivity contribution is 5.46. The van der Waals surface area contributed by atoms with Crippen molar-refractivity contribution in [2.75, 3.05) is 12.4 Å². The van der Waals surface area contributed by atoms with Crippen LogP contribution in [0.1, 0.15) is 25.5 Å². The van der Waals surface area contributed by atoms with E-state index >= 15 is 0 Å². The van der Waals surface area contributed by atoms with Crippen LogP contribution in [0.2, 0.25) is 0 Å². The molecular formula is C8H13NO. The van der Waals surface area contributed by atoms with Crippen LogP contribution in [-0.2, 0) is 0 Å². The Bertz CT molecular complexity index is 203. The predicted molar refractivity (Wildman–Crippen MR) is 42.3 cm³/mol. The third kappa shape index (κ3) is 1.15. The molecule has 0 amide bonds. The maximum Gasteiger partial charge on any atom is 0.129 e. The Kier molecular flexibility index (Phi) is 2.00. The van der Waals surface area contributed by atoms with Gasteiger partial charge in [-0.25, -0.2) is 0 Å². The van der Waals surface area contributed by atoms with Crippen LogP contribution < -0.4 is 5.32 Å². The lowest BCUT2D eigenvalue weighted by Gasteiger charge is -2.03. The molecular weight excluding hydrogens is 126 g/mol. The molecule has 1 heterocycles. The van der Waals surface area contributed by atoms with E-state index in [9.17, 15) is 0 Å². The molecule has 0 atom stereocenters. The number of anilines is 1. The van der Waals surface area contributed by atoms with Gasteiger partial charge < -0.3 is 9.73 Å². The zero-order valence-electron chi connectivity index (χ0n) is 6.64. The first-order chi connectivity index (χ1) is 4.75. The molecule has 2 nitrogen and oxygen atoms in total. The summed E-state index contributed by atoms with van der Waals surface area (Å²) < 4.78 is 5.25. The minimum atomic E-state index is 0.456. The molecule has 56 valence electrons. The summed E-state index contributed by atoms with van der Waals surface area (Å²) in [5.41, 5.74) is 1.09. The summed E-state index contributed by atoms with van der Waals surface area (Å²) in [4.78, 5) is 0. The monoisotopic (exact) mass is 139 g/mol. The van der Waals surface area contributed by atoms with Crippen LogP contribution >= 0.6 is 0 Å². The summed E-state index contributed by atoms with van der Waals surface area (Å²) in [7, 11) is 1.90. The topological polar surface area (TPSA) is 25.2 Å². The van der Waals surface area contributed by atoms with Gasteiger partial charge in [-0.2, -0.15) is 0 Å². The van der Waals surface area contributed by atoms with Gasteiger partial charge in [0.1, 0.15) is 5.76 Å². The van der Waals surface area contributed by atoms with Gasteiger partial charge in [0.15, 0.2) is 0 Å². The molecule has 1 aromatic rings. The predicted octanol–water partition coefficient (Wildman–Crippen LogP) is 2.44. The Hall–Kier alpha value is -0.920. The molecule has 0 aromatic carbocycles. The molecule has 0 saturated carbocycles. The van der Waals surface area contributed by atoms with Gasteiger partial charge in [0.2, 0.25) is 0 Å². The summed E-state index contributed by atoms with van der Waals surface area (Å²) >= 11 is 0. The molecule has 0 radical (unpaired) electrons. The zero-order chi connectivity index (χ0) is 7.56. The minimum absolute atomic E-state index is 0.456. The second-order valence-corrected chi connectivity index (χ2v) is 2.60. The highest BCUT2D eigenvalue weighted by Gasteiger charge is 2.07. The van der Waals surface area contributed by atoms with E-state index in [1.54, 1.807) is 6.26 Å². The standard InChI is InChI=1S/C8H13NO/c1-6(2)8-7(9-3)4-5-10-8/h4-6,9H,1-3H3. The van der Waals surface area contributed by atoms with Gasteiger partial charge in [-0.15, -0.1) is 0 Å². The van der Waals surface area contributed by atoms with Crippen molar-refractivity contribution in [2.45, 2.75) is 19.8 Å². The molecule has 1 rings (SSSR count). The molecule has 0 spiro atoms. The van der Waals surface area contributed by atoms with Gasteiger partial charge in [-0.3, -0.25) is 0 Å². The Morgan fingerprint density at radius 3 is 2.60 bits per heavy atom. The largest absolute Gasteiger partial charge is 0.467 e. The molecule has 0 bridgehead atoms. The average molecular weight is 139 g/mol. The number of rotatable bonds is 2. The third-order valence-corrected chi connectivity index (χ3v) is 1.49. The Morgan fingerprint density at radius 2 is 2.20 bits per heavy atom.